The maximum Gasteiger partial charge on any atom is 0.339 e. The molecule has 0 fully saturated rings. The number of carbonyl (C=O) groups is 1. The number of carboxylic acids is 1. The van der Waals surface area contributed by atoms with E-state index in [2.05, 4.69) is 0 Å². The summed E-state index contributed by atoms with van der Waals surface area (Å²) in [6.45, 7) is 1.61. The van der Waals surface area contributed by atoms with Gasteiger partial charge in [-0.1, -0.05) is 6.07 Å². The molecule has 0 unspecified atom stereocenters. The van der Waals surface area contributed by atoms with Crippen LogP contribution in [0.3, 0.4) is 0 Å². The van der Waals surface area contributed by atoms with Crippen LogP contribution in [0.15, 0.2) is 36.4 Å². The number of nitrogens with zero attached hydrogens (tertiary/aromatic N) is 1. The fourth-order valence-electron chi connectivity index (χ4n) is 1.70. The Balaban J connectivity index is 2.50. The van der Waals surface area contributed by atoms with Gasteiger partial charge >= 0.3 is 5.97 Å². The summed E-state index contributed by atoms with van der Waals surface area (Å²) in [6.07, 6.45) is 0. The van der Waals surface area contributed by atoms with Crippen molar-refractivity contribution in [2.45, 2.75) is 6.92 Å². The summed E-state index contributed by atoms with van der Waals surface area (Å²) in [5.74, 6) is -2.67. The highest BCUT2D eigenvalue weighted by Gasteiger charge is 2.18. The predicted octanol–water partition coefficient (Wildman–Crippen LogP) is 3.53. The number of para-hydroxylation sites is 1. The molecule has 0 amide bonds. The van der Waals surface area contributed by atoms with E-state index >= 15 is 0 Å². The second-order valence-electron chi connectivity index (χ2n) is 4.23. The molecule has 1 N–H and O–H groups in total. The summed E-state index contributed by atoms with van der Waals surface area (Å²) in [6, 6.07) is 7.32. The molecule has 0 radical (unpaired) electrons. The Kier molecular flexibility index (Phi) is 3.84. The van der Waals surface area contributed by atoms with E-state index in [0.29, 0.717) is 5.56 Å². The van der Waals surface area contributed by atoms with Gasteiger partial charge in [-0.05, 0) is 30.7 Å². The number of halogens is 1. The first-order valence-electron chi connectivity index (χ1n) is 5.85. The second-order valence-corrected chi connectivity index (χ2v) is 4.23. The van der Waals surface area contributed by atoms with Crippen LogP contribution >= 0.6 is 0 Å². The van der Waals surface area contributed by atoms with Crippen LogP contribution in [0.1, 0.15) is 15.9 Å². The van der Waals surface area contributed by atoms with Gasteiger partial charge in [0.2, 0.25) is 0 Å². The van der Waals surface area contributed by atoms with Crippen LogP contribution in [0.5, 0.6) is 11.5 Å². The number of non-ortho nitro benzene ring substituents is 1. The first kappa shape index (κ1) is 14.4. The molecule has 2 aromatic carbocycles. The fraction of sp³-hybridized carbons (Fsp3) is 0.0714. The fourth-order valence-corrected chi connectivity index (χ4v) is 1.70. The third-order valence-corrected chi connectivity index (χ3v) is 2.79. The number of hydrogen-bond acceptors (Lipinski definition) is 4. The van der Waals surface area contributed by atoms with Gasteiger partial charge in [0.25, 0.3) is 5.69 Å². The first-order valence-corrected chi connectivity index (χ1v) is 5.85. The van der Waals surface area contributed by atoms with Crippen LogP contribution in [0.25, 0.3) is 0 Å². The van der Waals surface area contributed by atoms with Gasteiger partial charge in [0, 0.05) is 6.07 Å². The molecule has 0 heterocycles. The number of benzene rings is 2. The lowest BCUT2D eigenvalue weighted by atomic mass is 10.1. The highest BCUT2D eigenvalue weighted by Crippen LogP contribution is 2.32. The number of nitro groups is 1. The third-order valence-electron chi connectivity index (χ3n) is 2.79. The molecule has 0 saturated carbocycles. The number of rotatable bonds is 4. The van der Waals surface area contributed by atoms with Crippen molar-refractivity contribution in [2.75, 3.05) is 0 Å². The molecular weight excluding hydrogens is 281 g/mol. The monoisotopic (exact) mass is 291 g/mol. The van der Waals surface area contributed by atoms with Crippen molar-refractivity contribution in [3.05, 3.63) is 63.5 Å². The Morgan fingerprint density at radius 1 is 1.33 bits per heavy atom. The zero-order valence-electron chi connectivity index (χ0n) is 10.9. The van der Waals surface area contributed by atoms with Crippen molar-refractivity contribution in [2.24, 2.45) is 0 Å². The van der Waals surface area contributed by atoms with E-state index in [9.17, 15) is 19.3 Å². The van der Waals surface area contributed by atoms with Crippen molar-refractivity contribution in [1.82, 2.24) is 0 Å². The van der Waals surface area contributed by atoms with Crippen LogP contribution in [0.4, 0.5) is 10.1 Å². The average Bonchev–Trinajstić information content (AvgIpc) is 2.42. The molecule has 2 rings (SSSR count). The van der Waals surface area contributed by atoms with Crippen molar-refractivity contribution in [3.8, 4) is 11.5 Å². The van der Waals surface area contributed by atoms with Gasteiger partial charge in [-0.15, -0.1) is 0 Å². The van der Waals surface area contributed by atoms with Gasteiger partial charge in [-0.2, -0.15) is 0 Å². The molecule has 0 spiro atoms. The van der Waals surface area contributed by atoms with E-state index in [1.807, 2.05) is 0 Å². The quantitative estimate of drug-likeness (QED) is 0.687. The minimum atomic E-state index is -1.35. The van der Waals surface area contributed by atoms with Gasteiger partial charge in [0.1, 0.15) is 11.3 Å². The molecule has 2 aromatic rings. The van der Waals surface area contributed by atoms with Gasteiger partial charge in [0.05, 0.1) is 11.0 Å². The van der Waals surface area contributed by atoms with Crippen LogP contribution in [-0.4, -0.2) is 16.0 Å². The SMILES string of the molecule is Cc1ccc([N+](=O)[O-])cc1Oc1c(F)cccc1C(=O)O. The van der Waals surface area contributed by atoms with Gasteiger partial charge in [-0.3, -0.25) is 10.1 Å². The maximum absolute atomic E-state index is 13.8. The number of aromatic carboxylic acids is 1. The Hall–Kier alpha value is -2.96. The first-order chi connectivity index (χ1) is 9.90. The Morgan fingerprint density at radius 3 is 2.67 bits per heavy atom. The number of nitro benzene ring substituents is 1. The van der Waals surface area contributed by atoms with E-state index in [0.717, 1.165) is 12.1 Å². The summed E-state index contributed by atoms with van der Waals surface area (Å²) in [5, 5.41) is 19.8. The minimum absolute atomic E-state index is 0.0248. The van der Waals surface area contributed by atoms with E-state index in [4.69, 9.17) is 9.84 Å². The van der Waals surface area contributed by atoms with E-state index in [1.165, 1.54) is 24.3 Å². The largest absolute Gasteiger partial charge is 0.478 e. The summed E-state index contributed by atoms with van der Waals surface area (Å²) in [5.41, 5.74) is -0.0788. The zero-order chi connectivity index (χ0) is 15.6. The molecule has 108 valence electrons. The van der Waals surface area contributed by atoms with Crippen LogP contribution in [0, 0.1) is 22.9 Å². The maximum atomic E-state index is 13.8. The number of hydrogen-bond donors (Lipinski definition) is 1. The molecule has 6 nitrogen and oxygen atoms in total. The molecule has 21 heavy (non-hydrogen) atoms. The smallest absolute Gasteiger partial charge is 0.339 e. The van der Waals surface area contributed by atoms with Crippen LogP contribution < -0.4 is 4.74 Å². The third kappa shape index (κ3) is 2.97. The molecule has 0 aliphatic carbocycles. The van der Waals surface area contributed by atoms with E-state index < -0.39 is 22.5 Å². The Morgan fingerprint density at radius 2 is 2.05 bits per heavy atom. The summed E-state index contributed by atoms with van der Waals surface area (Å²) in [7, 11) is 0. The number of aryl methyl sites for hydroxylation is 1. The lowest BCUT2D eigenvalue weighted by Crippen LogP contribution is -2.02. The van der Waals surface area contributed by atoms with Gasteiger partial charge in [-0.25, -0.2) is 9.18 Å². The highest BCUT2D eigenvalue weighted by molar-refractivity contribution is 5.91. The minimum Gasteiger partial charge on any atom is -0.478 e. The predicted molar refractivity (Wildman–Crippen MR) is 71.3 cm³/mol. The van der Waals surface area contributed by atoms with Crippen LogP contribution in [0.2, 0.25) is 0 Å². The zero-order valence-corrected chi connectivity index (χ0v) is 10.9. The lowest BCUT2D eigenvalue weighted by molar-refractivity contribution is -0.384. The molecule has 0 saturated heterocycles. The average molecular weight is 291 g/mol. The highest BCUT2D eigenvalue weighted by atomic mass is 19.1. The van der Waals surface area contributed by atoms with Gasteiger partial charge < -0.3 is 9.84 Å². The molecule has 0 bridgehead atoms. The van der Waals surface area contributed by atoms with Crippen molar-refractivity contribution in [3.63, 3.8) is 0 Å². The standard InChI is InChI=1S/C14H10FNO5/c1-8-5-6-9(16(19)20)7-12(8)21-13-10(14(17)18)3-2-4-11(13)15/h2-7H,1H3,(H,17,18). The van der Waals surface area contributed by atoms with Gasteiger partial charge in [0.15, 0.2) is 11.6 Å². The van der Waals surface area contributed by atoms with Crippen molar-refractivity contribution < 1.29 is 24.0 Å². The molecule has 0 atom stereocenters. The topological polar surface area (TPSA) is 89.7 Å². The van der Waals surface area contributed by atoms with Crippen LogP contribution in [-0.2, 0) is 0 Å². The molecule has 0 aliphatic rings. The normalized spacial score (nSPS) is 10.2. The summed E-state index contributed by atoms with van der Waals surface area (Å²) >= 11 is 0. The van der Waals surface area contributed by atoms with E-state index in [-0.39, 0.29) is 17.0 Å². The molecule has 0 aromatic heterocycles. The lowest BCUT2D eigenvalue weighted by Gasteiger charge is -2.11. The second kappa shape index (κ2) is 5.58. The summed E-state index contributed by atoms with van der Waals surface area (Å²) in [4.78, 5) is 21.2. The number of ether oxygens (including phenoxy) is 1. The summed E-state index contributed by atoms with van der Waals surface area (Å²) < 4.78 is 19.0. The van der Waals surface area contributed by atoms with Crippen molar-refractivity contribution in [1.29, 1.82) is 0 Å². The van der Waals surface area contributed by atoms with E-state index in [1.54, 1.807) is 6.92 Å². The molecule has 7 heteroatoms. The molecular formula is C14H10FNO5. The van der Waals surface area contributed by atoms with Crippen molar-refractivity contribution >= 4 is 11.7 Å². The Labute approximate surface area is 118 Å². The number of carboxylic acid groups (broad SMARTS) is 1. The molecule has 0 aliphatic heterocycles. The Bertz CT molecular complexity index is 729.